The summed E-state index contributed by atoms with van der Waals surface area (Å²) in [5.74, 6) is 0.354. The number of hydrogen-bond acceptors (Lipinski definition) is 7. The van der Waals surface area contributed by atoms with Gasteiger partial charge in [0.25, 0.3) is 5.91 Å². The van der Waals surface area contributed by atoms with Crippen molar-refractivity contribution in [3.63, 3.8) is 0 Å². The fourth-order valence-electron chi connectivity index (χ4n) is 5.55. The van der Waals surface area contributed by atoms with Gasteiger partial charge in [-0.2, -0.15) is 5.26 Å². The lowest BCUT2D eigenvalue weighted by Gasteiger charge is -2.28. The van der Waals surface area contributed by atoms with Gasteiger partial charge in [0.2, 0.25) is 5.43 Å². The van der Waals surface area contributed by atoms with Crippen LogP contribution in [0.15, 0.2) is 35.1 Å². The van der Waals surface area contributed by atoms with Crippen LogP contribution in [0, 0.1) is 11.3 Å². The van der Waals surface area contributed by atoms with Crippen LogP contribution < -0.4 is 15.6 Å². The van der Waals surface area contributed by atoms with Crippen molar-refractivity contribution in [3.8, 4) is 6.07 Å². The van der Waals surface area contributed by atoms with E-state index < -0.39 is 5.91 Å². The first-order chi connectivity index (χ1) is 18.1. The van der Waals surface area contributed by atoms with Gasteiger partial charge in [-0.25, -0.2) is 4.98 Å². The molecule has 0 aliphatic carbocycles. The van der Waals surface area contributed by atoms with Gasteiger partial charge in [-0.05, 0) is 56.3 Å². The lowest BCUT2D eigenvalue weighted by Crippen LogP contribution is -2.37. The quantitative estimate of drug-likeness (QED) is 0.447. The monoisotopic (exact) mass is 499 g/mol. The maximum absolute atomic E-state index is 13.8. The Morgan fingerprint density at radius 1 is 1.11 bits per heavy atom. The number of fused-ring (bicyclic) bond motifs is 5. The number of likely N-dealkylation sites (tertiary alicyclic amines) is 1. The number of aryl methyl sites for hydroxylation is 1. The molecule has 2 saturated heterocycles. The van der Waals surface area contributed by atoms with Crippen LogP contribution in [-0.2, 0) is 11.8 Å². The summed E-state index contributed by atoms with van der Waals surface area (Å²) >= 11 is 0. The predicted octanol–water partition coefficient (Wildman–Crippen LogP) is 1.87. The summed E-state index contributed by atoms with van der Waals surface area (Å²) in [6, 6.07) is 11.2. The topological polar surface area (TPSA) is 108 Å². The van der Waals surface area contributed by atoms with Gasteiger partial charge < -0.3 is 24.4 Å². The van der Waals surface area contributed by atoms with E-state index in [-0.39, 0.29) is 11.0 Å². The maximum atomic E-state index is 13.8. The number of aromatic nitrogens is 3. The molecular formula is C27H29N7O3. The average molecular weight is 500 g/mol. The standard InChI is InChI=1S/C27H29N7O3/c1-31-20-6-4-18(17-28)16-21(20)34-25-19(5-7-22(30-25)33-12-14-37-15-13-33)24(35)23(27(31)34)26(36)29-8-11-32-9-2-3-10-32/h4-7,16H,2-3,8-15H2,1H3,(H,29,36). The highest BCUT2D eigenvalue weighted by molar-refractivity contribution is 6.06. The van der Waals surface area contributed by atoms with Crippen molar-refractivity contribution in [2.75, 3.05) is 57.4 Å². The molecule has 2 aliphatic heterocycles. The largest absolute Gasteiger partial charge is 0.378 e. The Morgan fingerprint density at radius 2 is 1.89 bits per heavy atom. The summed E-state index contributed by atoms with van der Waals surface area (Å²) in [5.41, 5.74) is 2.70. The van der Waals surface area contributed by atoms with Crippen molar-refractivity contribution >= 4 is 39.4 Å². The number of morpholine rings is 1. The van der Waals surface area contributed by atoms with E-state index in [0.717, 1.165) is 36.5 Å². The number of rotatable bonds is 5. The lowest BCUT2D eigenvalue weighted by molar-refractivity contribution is 0.0950. The van der Waals surface area contributed by atoms with Crippen molar-refractivity contribution in [1.29, 1.82) is 5.26 Å². The molecule has 3 aromatic heterocycles. The van der Waals surface area contributed by atoms with Gasteiger partial charge >= 0.3 is 0 Å². The number of amides is 1. The third kappa shape index (κ3) is 4.00. The number of pyridine rings is 2. The molecule has 1 amide bonds. The molecule has 5 heterocycles. The molecular weight excluding hydrogens is 470 g/mol. The van der Waals surface area contributed by atoms with Crippen molar-refractivity contribution in [1.82, 2.24) is 24.2 Å². The molecule has 190 valence electrons. The number of benzene rings is 1. The molecule has 1 aromatic carbocycles. The van der Waals surface area contributed by atoms with Gasteiger partial charge in [0.15, 0.2) is 5.65 Å². The number of carbonyl (C=O) groups is 1. The van der Waals surface area contributed by atoms with E-state index in [2.05, 4.69) is 21.2 Å². The molecule has 0 radical (unpaired) electrons. The summed E-state index contributed by atoms with van der Waals surface area (Å²) < 4.78 is 9.18. The number of nitrogens with zero attached hydrogens (tertiary/aromatic N) is 6. The van der Waals surface area contributed by atoms with Crippen molar-refractivity contribution < 1.29 is 9.53 Å². The SMILES string of the molecule is Cn1c2ccc(C#N)cc2n2c3nc(N4CCOCC4)ccc3c(=O)c(C(=O)NCCN3CCCC3)c12. The van der Waals surface area contributed by atoms with Crippen LogP contribution in [0.4, 0.5) is 5.82 Å². The predicted molar refractivity (Wildman–Crippen MR) is 141 cm³/mol. The molecule has 0 unspecified atom stereocenters. The molecule has 4 aromatic rings. The number of carbonyl (C=O) groups excluding carboxylic acids is 1. The molecule has 10 heteroatoms. The number of ether oxygens (including phenoxy) is 1. The van der Waals surface area contributed by atoms with Gasteiger partial charge in [0, 0.05) is 33.2 Å². The number of anilines is 1. The molecule has 0 atom stereocenters. The van der Waals surface area contributed by atoms with Crippen molar-refractivity contribution in [2.45, 2.75) is 12.8 Å². The molecule has 0 saturated carbocycles. The molecule has 2 aliphatic rings. The highest BCUT2D eigenvalue weighted by atomic mass is 16.5. The Morgan fingerprint density at radius 3 is 2.65 bits per heavy atom. The number of imidazole rings is 1. The first-order valence-corrected chi connectivity index (χ1v) is 12.8. The van der Waals surface area contributed by atoms with Crippen molar-refractivity contribution in [2.24, 2.45) is 7.05 Å². The molecule has 6 rings (SSSR count). The van der Waals surface area contributed by atoms with Gasteiger partial charge in [-0.1, -0.05) is 0 Å². The summed E-state index contributed by atoms with van der Waals surface area (Å²) in [5, 5.41) is 12.9. The minimum absolute atomic E-state index is 0.0899. The minimum atomic E-state index is -0.396. The zero-order valence-electron chi connectivity index (χ0n) is 20.9. The van der Waals surface area contributed by atoms with E-state index >= 15 is 0 Å². The van der Waals surface area contributed by atoms with Crippen LogP contribution in [-0.4, -0.2) is 77.2 Å². The molecule has 0 spiro atoms. The van der Waals surface area contributed by atoms with Crippen LogP contribution in [0.25, 0.3) is 27.7 Å². The summed E-state index contributed by atoms with van der Waals surface area (Å²) in [6.07, 6.45) is 2.36. The van der Waals surface area contributed by atoms with Gasteiger partial charge in [0.1, 0.15) is 17.0 Å². The number of nitrogens with one attached hydrogen (secondary N) is 1. The van der Waals surface area contributed by atoms with E-state index in [1.54, 1.807) is 18.2 Å². The fraction of sp³-hybridized carbons (Fsp3) is 0.407. The highest BCUT2D eigenvalue weighted by Crippen LogP contribution is 2.27. The molecule has 37 heavy (non-hydrogen) atoms. The van der Waals surface area contributed by atoms with Crippen LogP contribution in [0.5, 0.6) is 0 Å². The summed E-state index contributed by atoms with van der Waals surface area (Å²) in [6.45, 7) is 5.97. The van der Waals surface area contributed by atoms with E-state index in [1.807, 2.05) is 28.1 Å². The third-order valence-corrected chi connectivity index (χ3v) is 7.48. The Balaban J connectivity index is 1.55. The molecule has 2 fully saturated rings. The molecule has 10 nitrogen and oxygen atoms in total. The summed E-state index contributed by atoms with van der Waals surface area (Å²) in [7, 11) is 1.84. The fourth-order valence-corrected chi connectivity index (χ4v) is 5.55. The molecule has 1 N–H and O–H groups in total. The van der Waals surface area contributed by atoms with E-state index in [0.29, 0.717) is 55.1 Å². The second-order valence-corrected chi connectivity index (χ2v) is 9.68. The van der Waals surface area contributed by atoms with E-state index in [1.165, 1.54) is 12.8 Å². The van der Waals surface area contributed by atoms with Gasteiger partial charge in [-0.3, -0.25) is 14.0 Å². The maximum Gasteiger partial charge on any atom is 0.259 e. The van der Waals surface area contributed by atoms with Crippen LogP contribution in [0.2, 0.25) is 0 Å². The van der Waals surface area contributed by atoms with Gasteiger partial charge in [0.05, 0.1) is 41.3 Å². The Bertz CT molecular complexity index is 1620. The summed E-state index contributed by atoms with van der Waals surface area (Å²) in [4.78, 5) is 36.7. The second kappa shape index (κ2) is 9.50. The zero-order valence-corrected chi connectivity index (χ0v) is 20.9. The molecule has 0 bridgehead atoms. The number of nitriles is 1. The smallest absolute Gasteiger partial charge is 0.259 e. The number of hydrogen-bond donors (Lipinski definition) is 1. The Hall–Kier alpha value is -3.94. The minimum Gasteiger partial charge on any atom is -0.378 e. The van der Waals surface area contributed by atoms with Crippen LogP contribution in [0.1, 0.15) is 28.8 Å². The Kier molecular flexibility index (Phi) is 6.02. The van der Waals surface area contributed by atoms with E-state index in [4.69, 9.17) is 9.72 Å². The highest BCUT2D eigenvalue weighted by Gasteiger charge is 2.25. The van der Waals surface area contributed by atoms with E-state index in [9.17, 15) is 14.9 Å². The van der Waals surface area contributed by atoms with Crippen molar-refractivity contribution in [3.05, 3.63) is 51.7 Å². The third-order valence-electron chi connectivity index (χ3n) is 7.48. The first kappa shape index (κ1) is 23.5. The normalized spacial score (nSPS) is 16.6. The zero-order chi connectivity index (χ0) is 25.5. The average Bonchev–Trinajstić information content (AvgIpc) is 3.55. The first-order valence-electron chi connectivity index (χ1n) is 12.8. The second-order valence-electron chi connectivity index (χ2n) is 9.68. The Labute approximate surface area is 213 Å². The van der Waals surface area contributed by atoms with Crippen LogP contribution in [0.3, 0.4) is 0 Å². The van der Waals surface area contributed by atoms with Gasteiger partial charge in [-0.15, -0.1) is 0 Å². The van der Waals surface area contributed by atoms with Crippen LogP contribution >= 0.6 is 0 Å². The lowest BCUT2D eigenvalue weighted by atomic mass is 10.1.